The van der Waals surface area contributed by atoms with Gasteiger partial charge in [-0.2, -0.15) is 0 Å². The lowest BCUT2D eigenvalue weighted by Crippen LogP contribution is -1.74. The molecule has 16 heavy (non-hydrogen) atoms. The first-order valence-corrected chi connectivity index (χ1v) is 6.82. The van der Waals surface area contributed by atoms with Crippen LogP contribution in [0.25, 0.3) is 0 Å². The Morgan fingerprint density at radius 1 is 0.688 bits per heavy atom. The molecule has 0 aliphatic rings. The topological polar surface area (TPSA) is 0 Å². The van der Waals surface area contributed by atoms with Gasteiger partial charge in [0.15, 0.2) is 0 Å². The molecule has 0 amide bonds. The zero-order valence-electron chi connectivity index (χ0n) is 11.0. The SMILES string of the molecule is C=CCCC=CCCC=CCCCCCC. The van der Waals surface area contributed by atoms with Gasteiger partial charge in [0.2, 0.25) is 0 Å². The van der Waals surface area contributed by atoms with Gasteiger partial charge in [-0.15, -0.1) is 6.58 Å². The van der Waals surface area contributed by atoms with Crippen LogP contribution in [0.1, 0.15) is 64.7 Å². The number of hydrogen-bond acceptors (Lipinski definition) is 0. The minimum absolute atomic E-state index is 1.10. The highest BCUT2D eigenvalue weighted by molar-refractivity contribution is 4.89. The number of allylic oxidation sites excluding steroid dienone is 5. The third-order valence-electron chi connectivity index (χ3n) is 2.60. The Bertz CT molecular complexity index is 186. The molecule has 92 valence electrons. The highest BCUT2D eigenvalue weighted by Gasteiger charge is 1.84. The second-order valence-corrected chi connectivity index (χ2v) is 4.24. The van der Waals surface area contributed by atoms with Crippen molar-refractivity contribution in [2.75, 3.05) is 0 Å². The standard InChI is InChI=1S/C16H28/c1-3-5-7-9-11-13-15-16-14-12-10-8-6-4-2/h3,9,11,14,16H,1,4-8,10,12-13,15H2,2H3. The van der Waals surface area contributed by atoms with Crippen LogP contribution in [0.15, 0.2) is 37.0 Å². The summed E-state index contributed by atoms with van der Waals surface area (Å²) in [4.78, 5) is 0. The van der Waals surface area contributed by atoms with Crippen molar-refractivity contribution in [1.82, 2.24) is 0 Å². The molecular weight excluding hydrogens is 192 g/mol. The number of rotatable bonds is 11. The zero-order chi connectivity index (χ0) is 11.9. The molecule has 0 radical (unpaired) electrons. The molecule has 0 saturated carbocycles. The first-order chi connectivity index (χ1) is 7.91. The second-order valence-electron chi connectivity index (χ2n) is 4.24. The predicted molar refractivity (Wildman–Crippen MR) is 75.7 cm³/mol. The van der Waals surface area contributed by atoms with Gasteiger partial charge < -0.3 is 0 Å². The molecule has 0 nitrogen and oxygen atoms in total. The average molecular weight is 220 g/mol. The molecule has 0 heteroatoms. The minimum atomic E-state index is 1.10. The Hall–Kier alpha value is -0.780. The predicted octanol–water partition coefficient (Wildman–Crippen LogP) is 5.82. The maximum absolute atomic E-state index is 3.70. The maximum Gasteiger partial charge on any atom is -0.0316 e. The highest BCUT2D eigenvalue weighted by Crippen LogP contribution is 2.04. The molecule has 0 unspecified atom stereocenters. The van der Waals surface area contributed by atoms with Crippen molar-refractivity contribution >= 4 is 0 Å². The van der Waals surface area contributed by atoms with E-state index in [1.165, 1.54) is 44.9 Å². The van der Waals surface area contributed by atoms with Crippen LogP contribution in [0.2, 0.25) is 0 Å². The van der Waals surface area contributed by atoms with Crippen LogP contribution in [0.3, 0.4) is 0 Å². The van der Waals surface area contributed by atoms with Crippen LogP contribution < -0.4 is 0 Å². The third kappa shape index (κ3) is 13.2. The van der Waals surface area contributed by atoms with E-state index in [0.717, 1.165) is 12.8 Å². The minimum Gasteiger partial charge on any atom is -0.103 e. The summed E-state index contributed by atoms with van der Waals surface area (Å²) in [5.74, 6) is 0. The maximum atomic E-state index is 3.70. The van der Waals surface area contributed by atoms with Gasteiger partial charge >= 0.3 is 0 Å². The monoisotopic (exact) mass is 220 g/mol. The molecule has 0 aliphatic heterocycles. The van der Waals surface area contributed by atoms with Crippen molar-refractivity contribution in [2.45, 2.75) is 64.7 Å². The first-order valence-electron chi connectivity index (χ1n) is 6.82. The first kappa shape index (κ1) is 15.2. The molecule has 0 atom stereocenters. The molecule has 0 aromatic rings. The largest absolute Gasteiger partial charge is 0.103 e. The van der Waals surface area contributed by atoms with Crippen LogP contribution in [0.5, 0.6) is 0 Å². The van der Waals surface area contributed by atoms with Crippen molar-refractivity contribution in [3.05, 3.63) is 37.0 Å². The third-order valence-corrected chi connectivity index (χ3v) is 2.60. The highest BCUT2D eigenvalue weighted by atomic mass is 13.9. The van der Waals surface area contributed by atoms with E-state index in [2.05, 4.69) is 37.8 Å². The van der Waals surface area contributed by atoms with Crippen LogP contribution in [-0.4, -0.2) is 0 Å². The molecular formula is C16H28. The summed E-state index contributed by atoms with van der Waals surface area (Å²) in [6.45, 7) is 5.96. The van der Waals surface area contributed by atoms with Gasteiger partial charge in [-0.3, -0.25) is 0 Å². The Balaban J connectivity index is 3.14. The lowest BCUT2D eigenvalue weighted by molar-refractivity contribution is 0.674. The molecule has 0 heterocycles. The van der Waals surface area contributed by atoms with Gasteiger partial charge in [0, 0.05) is 0 Å². The summed E-state index contributed by atoms with van der Waals surface area (Å²) in [7, 11) is 0. The summed E-state index contributed by atoms with van der Waals surface area (Å²) < 4.78 is 0. The fourth-order valence-electron chi connectivity index (χ4n) is 1.57. The van der Waals surface area contributed by atoms with E-state index in [9.17, 15) is 0 Å². The van der Waals surface area contributed by atoms with Crippen LogP contribution in [-0.2, 0) is 0 Å². The Kier molecular flexibility index (Phi) is 13.5. The van der Waals surface area contributed by atoms with E-state index in [0.29, 0.717) is 0 Å². The summed E-state index contributed by atoms with van der Waals surface area (Å²) in [6, 6.07) is 0. The van der Waals surface area contributed by atoms with Crippen molar-refractivity contribution in [1.29, 1.82) is 0 Å². The summed E-state index contributed by atoms with van der Waals surface area (Å²) >= 11 is 0. The molecule has 0 rings (SSSR count). The van der Waals surface area contributed by atoms with Crippen molar-refractivity contribution in [3.63, 3.8) is 0 Å². The fourth-order valence-corrected chi connectivity index (χ4v) is 1.57. The van der Waals surface area contributed by atoms with E-state index in [4.69, 9.17) is 0 Å². The lowest BCUT2D eigenvalue weighted by atomic mass is 10.1. The van der Waals surface area contributed by atoms with E-state index in [1.807, 2.05) is 6.08 Å². The lowest BCUT2D eigenvalue weighted by Gasteiger charge is -1.94. The van der Waals surface area contributed by atoms with Crippen molar-refractivity contribution < 1.29 is 0 Å². The van der Waals surface area contributed by atoms with Gasteiger partial charge in [0.05, 0.1) is 0 Å². The molecule has 0 N–H and O–H groups in total. The van der Waals surface area contributed by atoms with Crippen LogP contribution in [0.4, 0.5) is 0 Å². The van der Waals surface area contributed by atoms with E-state index < -0.39 is 0 Å². The molecule has 0 aromatic carbocycles. The van der Waals surface area contributed by atoms with Crippen LogP contribution >= 0.6 is 0 Å². The number of hydrogen-bond donors (Lipinski definition) is 0. The molecule has 0 aromatic heterocycles. The van der Waals surface area contributed by atoms with Gasteiger partial charge in [0.25, 0.3) is 0 Å². The van der Waals surface area contributed by atoms with Crippen molar-refractivity contribution in [3.8, 4) is 0 Å². The van der Waals surface area contributed by atoms with Crippen LogP contribution in [0, 0.1) is 0 Å². The summed E-state index contributed by atoms with van der Waals surface area (Å²) in [5.41, 5.74) is 0. The second kappa shape index (κ2) is 14.2. The van der Waals surface area contributed by atoms with Gasteiger partial charge in [-0.1, -0.05) is 56.6 Å². The fraction of sp³-hybridized carbons (Fsp3) is 0.625. The smallest absolute Gasteiger partial charge is 0.0316 e. The Morgan fingerprint density at radius 3 is 1.81 bits per heavy atom. The molecule has 0 spiro atoms. The Labute approximate surface area is 102 Å². The van der Waals surface area contributed by atoms with Gasteiger partial charge in [0.1, 0.15) is 0 Å². The van der Waals surface area contributed by atoms with E-state index >= 15 is 0 Å². The van der Waals surface area contributed by atoms with Crippen molar-refractivity contribution in [2.24, 2.45) is 0 Å². The Morgan fingerprint density at radius 2 is 1.25 bits per heavy atom. The van der Waals surface area contributed by atoms with E-state index in [1.54, 1.807) is 0 Å². The average Bonchev–Trinajstić information content (AvgIpc) is 2.31. The van der Waals surface area contributed by atoms with Gasteiger partial charge in [-0.05, 0) is 38.5 Å². The number of unbranched alkanes of at least 4 members (excludes halogenated alkanes) is 6. The normalized spacial score (nSPS) is 11.6. The molecule has 0 fully saturated rings. The summed E-state index contributed by atoms with van der Waals surface area (Å²) in [6.07, 6.45) is 22.5. The quantitative estimate of drug-likeness (QED) is 0.304. The summed E-state index contributed by atoms with van der Waals surface area (Å²) in [5, 5.41) is 0. The zero-order valence-corrected chi connectivity index (χ0v) is 11.0. The molecule has 0 aliphatic carbocycles. The van der Waals surface area contributed by atoms with E-state index in [-0.39, 0.29) is 0 Å². The molecule has 0 bridgehead atoms. The molecule has 0 saturated heterocycles. The van der Waals surface area contributed by atoms with Gasteiger partial charge in [-0.25, -0.2) is 0 Å².